The van der Waals surface area contributed by atoms with Crippen LogP contribution in [0.4, 0.5) is 5.69 Å². The number of hydrogen-bond donors (Lipinski definition) is 3. The average Bonchev–Trinajstić information content (AvgIpc) is 2.32. The number of aromatic nitrogens is 1. The van der Waals surface area contributed by atoms with Gasteiger partial charge in [0.25, 0.3) is 5.91 Å². The Bertz CT molecular complexity index is 437. The number of hydrogen-bond acceptors (Lipinski definition) is 4. The fraction of sp³-hybridized carbons (Fsp3) is 0.364. The maximum Gasteiger partial charge on any atom is 0.270 e. The third-order valence-corrected chi connectivity index (χ3v) is 2.62. The predicted molar refractivity (Wildman–Crippen MR) is 62.1 cm³/mol. The number of anilines is 1. The van der Waals surface area contributed by atoms with Gasteiger partial charge in [-0.05, 0) is 18.6 Å². The Balaban J connectivity index is 1.95. The molecule has 1 aliphatic rings. The van der Waals surface area contributed by atoms with E-state index in [9.17, 15) is 9.59 Å². The highest BCUT2D eigenvalue weighted by atomic mass is 16.2. The molecule has 2 rings (SSSR count). The molecular weight excluding hydrogens is 220 g/mol. The Kier molecular flexibility index (Phi) is 3.22. The molecule has 0 bridgehead atoms. The van der Waals surface area contributed by atoms with Crippen LogP contribution < -0.4 is 16.4 Å². The molecule has 2 heterocycles. The highest BCUT2D eigenvalue weighted by Crippen LogP contribution is 2.06. The van der Waals surface area contributed by atoms with E-state index >= 15 is 0 Å². The van der Waals surface area contributed by atoms with Gasteiger partial charge >= 0.3 is 0 Å². The molecule has 1 aromatic heterocycles. The normalized spacial score (nSPS) is 19.5. The Labute approximate surface area is 98.6 Å². The summed E-state index contributed by atoms with van der Waals surface area (Å²) in [6, 6.07) is 3.11. The Morgan fingerprint density at radius 3 is 3.06 bits per heavy atom. The van der Waals surface area contributed by atoms with Gasteiger partial charge in [-0.2, -0.15) is 0 Å². The van der Waals surface area contributed by atoms with E-state index in [-0.39, 0.29) is 17.9 Å². The molecule has 90 valence electrons. The molecule has 1 saturated heterocycles. The first kappa shape index (κ1) is 11.4. The molecule has 0 aliphatic carbocycles. The summed E-state index contributed by atoms with van der Waals surface area (Å²) < 4.78 is 0. The molecule has 1 aromatic rings. The molecule has 0 saturated carbocycles. The van der Waals surface area contributed by atoms with E-state index in [0.717, 1.165) is 0 Å². The topological polar surface area (TPSA) is 97.1 Å². The number of nitrogen functional groups attached to an aromatic ring is 1. The van der Waals surface area contributed by atoms with Crippen LogP contribution in [0.2, 0.25) is 0 Å². The van der Waals surface area contributed by atoms with Crippen molar-refractivity contribution in [3.8, 4) is 0 Å². The second kappa shape index (κ2) is 4.82. The quantitative estimate of drug-likeness (QED) is 0.652. The average molecular weight is 234 g/mol. The van der Waals surface area contributed by atoms with E-state index in [1.807, 2.05) is 0 Å². The summed E-state index contributed by atoms with van der Waals surface area (Å²) >= 11 is 0. The molecule has 1 unspecified atom stereocenters. The van der Waals surface area contributed by atoms with Crippen molar-refractivity contribution < 1.29 is 9.59 Å². The van der Waals surface area contributed by atoms with Crippen LogP contribution in [-0.2, 0) is 4.79 Å². The van der Waals surface area contributed by atoms with Crippen molar-refractivity contribution in [2.75, 3.05) is 12.3 Å². The van der Waals surface area contributed by atoms with Crippen LogP contribution in [0.25, 0.3) is 0 Å². The van der Waals surface area contributed by atoms with Gasteiger partial charge in [0.1, 0.15) is 5.69 Å². The minimum atomic E-state index is -0.265. The predicted octanol–water partition coefficient (Wildman–Crippen LogP) is -0.328. The van der Waals surface area contributed by atoms with E-state index in [2.05, 4.69) is 15.6 Å². The van der Waals surface area contributed by atoms with Gasteiger partial charge in [0.2, 0.25) is 5.91 Å². The van der Waals surface area contributed by atoms with Crippen LogP contribution >= 0.6 is 0 Å². The molecule has 1 atom stereocenters. The first-order valence-electron chi connectivity index (χ1n) is 5.44. The second-order valence-corrected chi connectivity index (χ2v) is 3.99. The van der Waals surface area contributed by atoms with Crippen LogP contribution in [0.3, 0.4) is 0 Å². The van der Waals surface area contributed by atoms with Crippen molar-refractivity contribution in [3.63, 3.8) is 0 Å². The largest absolute Gasteiger partial charge is 0.399 e. The summed E-state index contributed by atoms with van der Waals surface area (Å²) in [6.45, 7) is 0.465. The fourth-order valence-corrected chi connectivity index (χ4v) is 1.69. The van der Waals surface area contributed by atoms with Crippen LogP contribution in [0.1, 0.15) is 23.3 Å². The molecule has 17 heavy (non-hydrogen) atoms. The number of nitrogens with zero attached hydrogens (tertiary/aromatic N) is 1. The number of pyridine rings is 1. The lowest BCUT2D eigenvalue weighted by atomic mass is 10.1. The molecule has 0 aromatic carbocycles. The maximum atomic E-state index is 11.8. The van der Waals surface area contributed by atoms with Gasteiger partial charge in [-0.15, -0.1) is 0 Å². The molecule has 0 spiro atoms. The van der Waals surface area contributed by atoms with Gasteiger partial charge in [0, 0.05) is 30.9 Å². The van der Waals surface area contributed by atoms with Crippen molar-refractivity contribution in [1.29, 1.82) is 0 Å². The van der Waals surface area contributed by atoms with Crippen molar-refractivity contribution in [3.05, 3.63) is 24.0 Å². The molecule has 6 nitrogen and oxygen atoms in total. The first-order chi connectivity index (χ1) is 8.15. The Morgan fingerprint density at radius 1 is 1.59 bits per heavy atom. The van der Waals surface area contributed by atoms with Crippen molar-refractivity contribution >= 4 is 17.5 Å². The molecular formula is C11H14N4O2. The third-order valence-electron chi connectivity index (χ3n) is 2.62. The van der Waals surface area contributed by atoms with Crippen LogP contribution in [0.5, 0.6) is 0 Å². The zero-order chi connectivity index (χ0) is 12.3. The van der Waals surface area contributed by atoms with E-state index in [1.54, 1.807) is 6.07 Å². The van der Waals surface area contributed by atoms with Crippen molar-refractivity contribution in [1.82, 2.24) is 15.6 Å². The number of rotatable bonds is 2. The number of nitrogens with two attached hydrogens (primary N) is 1. The number of nitrogens with one attached hydrogen (secondary N) is 2. The summed E-state index contributed by atoms with van der Waals surface area (Å²) in [6.07, 6.45) is 2.59. The molecule has 2 amide bonds. The second-order valence-electron chi connectivity index (χ2n) is 3.99. The van der Waals surface area contributed by atoms with Crippen LogP contribution in [-0.4, -0.2) is 29.4 Å². The maximum absolute atomic E-state index is 11.8. The molecule has 1 fully saturated rings. The molecule has 4 N–H and O–H groups in total. The summed E-state index contributed by atoms with van der Waals surface area (Å²) in [4.78, 5) is 26.7. The van der Waals surface area contributed by atoms with E-state index < -0.39 is 0 Å². The van der Waals surface area contributed by atoms with Gasteiger partial charge in [-0.1, -0.05) is 0 Å². The molecule has 0 radical (unpaired) electrons. The summed E-state index contributed by atoms with van der Waals surface area (Å²) in [7, 11) is 0. The minimum absolute atomic E-state index is 0.0255. The minimum Gasteiger partial charge on any atom is -0.399 e. The highest BCUT2D eigenvalue weighted by Gasteiger charge is 2.20. The van der Waals surface area contributed by atoms with Gasteiger partial charge in [0.15, 0.2) is 0 Å². The Hall–Kier alpha value is -2.11. The standard InChI is InChI=1S/C11H14N4O2/c12-7-3-4-13-9(5-7)11(17)15-8-1-2-10(16)14-6-8/h3-5,8H,1-2,6H2,(H2,12,13)(H,14,16)(H,15,17). The summed E-state index contributed by atoms with van der Waals surface area (Å²) in [5.74, 6) is -0.240. The zero-order valence-electron chi connectivity index (χ0n) is 9.27. The van der Waals surface area contributed by atoms with Crippen LogP contribution in [0, 0.1) is 0 Å². The van der Waals surface area contributed by atoms with E-state index in [0.29, 0.717) is 30.8 Å². The summed E-state index contributed by atoms with van der Waals surface area (Å²) in [5, 5.41) is 5.51. The van der Waals surface area contributed by atoms with Crippen molar-refractivity contribution in [2.45, 2.75) is 18.9 Å². The SMILES string of the molecule is Nc1ccnc(C(=O)NC2CCC(=O)NC2)c1. The van der Waals surface area contributed by atoms with E-state index in [4.69, 9.17) is 5.73 Å². The lowest BCUT2D eigenvalue weighted by Gasteiger charge is -2.23. The molecule has 6 heteroatoms. The Morgan fingerprint density at radius 2 is 2.41 bits per heavy atom. The van der Waals surface area contributed by atoms with Crippen LogP contribution in [0.15, 0.2) is 18.3 Å². The lowest BCUT2D eigenvalue weighted by Crippen LogP contribution is -2.47. The monoisotopic (exact) mass is 234 g/mol. The van der Waals surface area contributed by atoms with Gasteiger partial charge in [0.05, 0.1) is 0 Å². The number of amides is 2. The highest BCUT2D eigenvalue weighted by molar-refractivity contribution is 5.93. The molecule has 1 aliphatic heterocycles. The van der Waals surface area contributed by atoms with E-state index in [1.165, 1.54) is 12.3 Å². The summed E-state index contributed by atoms with van der Waals surface area (Å²) in [5.41, 5.74) is 6.37. The third kappa shape index (κ3) is 2.93. The number of piperidine rings is 1. The van der Waals surface area contributed by atoms with Gasteiger partial charge in [-0.25, -0.2) is 0 Å². The first-order valence-corrected chi connectivity index (χ1v) is 5.44. The smallest absolute Gasteiger partial charge is 0.270 e. The van der Waals surface area contributed by atoms with Crippen molar-refractivity contribution in [2.24, 2.45) is 0 Å². The van der Waals surface area contributed by atoms with Gasteiger partial charge < -0.3 is 16.4 Å². The number of carbonyl (C=O) groups excluding carboxylic acids is 2. The lowest BCUT2D eigenvalue weighted by molar-refractivity contribution is -0.122. The zero-order valence-corrected chi connectivity index (χ0v) is 9.27. The fourth-order valence-electron chi connectivity index (χ4n) is 1.69. The van der Waals surface area contributed by atoms with Gasteiger partial charge in [-0.3, -0.25) is 14.6 Å². The number of carbonyl (C=O) groups is 2.